The van der Waals surface area contributed by atoms with Crippen LogP contribution in [-0.4, -0.2) is 9.55 Å². The number of rotatable bonds is 3. The molecule has 0 saturated heterocycles. The Kier molecular flexibility index (Phi) is 3.60. The molecule has 3 rings (SSSR count). The summed E-state index contributed by atoms with van der Waals surface area (Å²) >= 11 is 6.08. The molecular formula is C17H18ClN3. The van der Waals surface area contributed by atoms with E-state index in [1.54, 1.807) is 0 Å². The van der Waals surface area contributed by atoms with Gasteiger partial charge in [-0.15, -0.1) is 0 Å². The van der Waals surface area contributed by atoms with Crippen LogP contribution >= 0.6 is 11.6 Å². The van der Waals surface area contributed by atoms with Crippen LogP contribution in [0.1, 0.15) is 31.3 Å². The Morgan fingerprint density at radius 3 is 2.67 bits per heavy atom. The number of aromatic nitrogens is 2. The largest absolute Gasteiger partial charge is 0.398 e. The maximum atomic E-state index is 6.08. The smallest absolute Gasteiger partial charge is 0.114 e. The van der Waals surface area contributed by atoms with Crippen molar-refractivity contribution in [3.05, 3.63) is 58.9 Å². The summed E-state index contributed by atoms with van der Waals surface area (Å²) in [6, 6.07) is 14.1. The lowest BCUT2D eigenvalue weighted by Crippen LogP contribution is -2.07. The first kappa shape index (κ1) is 14.0. The predicted octanol–water partition coefficient (Wildman–Crippen LogP) is 4.44. The van der Waals surface area contributed by atoms with Gasteiger partial charge in [0.05, 0.1) is 11.0 Å². The SMILES string of the molecule is CC(C)n1c(Cc2ccccc2N)nc2cc(Cl)ccc21. The first-order valence-electron chi connectivity index (χ1n) is 7.06. The monoisotopic (exact) mass is 299 g/mol. The van der Waals surface area contributed by atoms with Crippen molar-refractivity contribution in [2.45, 2.75) is 26.3 Å². The second kappa shape index (κ2) is 5.41. The molecule has 1 aromatic heterocycles. The summed E-state index contributed by atoms with van der Waals surface area (Å²) in [7, 11) is 0. The average molecular weight is 300 g/mol. The highest BCUT2D eigenvalue weighted by Gasteiger charge is 2.14. The van der Waals surface area contributed by atoms with E-state index in [1.165, 1.54) is 0 Å². The van der Waals surface area contributed by atoms with E-state index in [9.17, 15) is 0 Å². The van der Waals surface area contributed by atoms with Crippen LogP contribution in [0.3, 0.4) is 0 Å². The topological polar surface area (TPSA) is 43.8 Å². The van der Waals surface area contributed by atoms with Gasteiger partial charge in [0.25, 0.3) is 0 Å². The van der Waals surface area contributed by atoms with Gasteiger partial charge in [-0.25, -0.2) is 4.98 Å². The van der Waals surface area contributed by atoms with Crippen LogP contribution in [0.15, 0.2) is 42.5 Å². The highest BCUT2D eigenvalue weighted by atomic mass is 35.5. The molecule has 0 aliphatic rings. The lowest BCUT2D eigenvalue weighted by molar-refractivity contribution is 0.591. The normalized spacial score (nSPS) is 11.4. The Balaban J connectivity index is 2.13. The summed E-state index contributed by atoms with van der Waals surface area (Å²) in [5.74, 6) is 1.01. The minimum absolute atomic E-state index is 0.330. The molecule has 2 N–H and O–H groups in total. The van der Waals surface area contributed by atoms with Crippen molar-refractivity contribution in [2.24, 2.45) is 0 Å². The van der Waals surface area contributed by atoms with Crippen LogP contribution < -0.4 is 5.73 Å². The van der Waals surface area contributed by atoms with Crippen LogP contribution in [0.25, 0.3) is 11.0 Å². The third-order valence-electron chi connectivity index (χ3n) is 3.64. The number of benzene rings is 2. The molecule has 0 bridgehead atoms. The third kappa shape index (κ3) is 2.61. The maximum Gasteiger partial charge on any atom is 0.114 e. The summed E-state index contributed by atoms with van der Waals surface area (Å²) in [5, 5.41) is 0.710. The summed E-state index contributed by atoms with van der Waals surface area (Å²) in [4.78, 5) is 4.75. The number of fused-ring (bicyclic) bond motifs is 1. The molecule has 0 fully saturated rings. The number of hydrogen-bond donors (Lipinski definition) is 1. The molecule has 0 amide bonds. The van der Waals surface area contributed by atoms with Crippen molar-refractivity contribution in [1.82, 2.24) is 9.55 Å². The second-order valence-corrected chi connectivity index (χ2v) is 5.94. The summed E-state index contributed by atoms with van der Waals surface area (Å²) in [5.41, 5.74) is 10.00. The van der Waals surface area contributed by atoms with Crippen molar-refractivity contribution in [3.8, 4) is 0 Å². The number of nitrogens with zero attached hydrogens (tertiary/aromatic N) is 2. The Morgan fingerprint density at radius 2 is 1.95 bits per heavy atom. The molecule has 0 aliphatic heterocycles. The number of halogens is 1. The standard InChI is InChI=1S/C17H18ClN3/c1-11(2)21-16-8-7-13(18)10-15(16)20-17(21)9-12-5-3-4-6-14(12)19/h3-8,10-11H,9,19H2,1-2H3. The van der Waals surface area contributed by atoms with E-state index < -0.39 is 0 Å². The number of nitrogens with two attached hydrogens (primary N) is 1. The van der Waals surface area contributed by atoms with Gasteiger partial charge >= 0.3 is 0 Å². The van der Waals surface area contributed by atoms with Gasteiger partial charge < -0.3 is 10.3 Å². The minimum atomic E-state index is 0.330. The van der Waals surface area contributed by atoms with Crippen molar-refractivity contribution in [1.29, 1.82) is 0 Å². The number of imidazole rings is 1. The van der Waals surface area contributed by atoms with Crippen molar-refractivity contribution >= 4 is 28.3 Å². The van der Waals surface area contributed by atoms with Crippen LogP contribution in [-0.2, 0) is 6.42 Å². The second-order valence-electron chi connectivity index (χ2n) is 5.50. The van der Waals surface area contributed by atoms with Gasteiger partial charge in [0.1, 0.15) is 5.82 Å². The number of hydrogen-bond acceptors (Lipinski definition) is 2. The minimum Gasteiger partial charge on any atom is -0.398 e. The Bertz CT molecular complexity index is 790. The third-order valence-corrected chi connectivity index (χ3v) is 3.88. The molecule has 1 heterocycles. The van der Waals surface area contributed by atoms with Gasteiger partial charge in [0.2, 0.25) is 0 Å². The van der Waals surface area contributed by atoms with Gasteiger partial charge in [0, 0.05) is 23.2 Å². The van der Waals surface area contributed by atoms with Gasteiger partial charge in [-0.05, 0) is 43.7 Å². The Labute approximate surface area is 129 Å². The van der Waals surface area contributed by atoms with E-state index in [-0.39, 0.29) is 0 Å². The molecule has 108 valence electrons. The van der Waals surface area contributed by atoms with E-state index in [2.05, 4.69) is 18.4 Å². The number of para-hydroxylation sites is 1. The molecule has 3 aromatic rings. The summed E-state index contributed by atoms with van der Waals surface area (Å²) < 4.78 is 2.25. The highest BCUT2D eigenvalue weighted by Crippen LogP contribution is 2.26. The number of anilines is 1. The Morgan fingerprint density at radius 1 is 1.19 bits per heavy atom. The van der Waals surface area contributed by atoms with E-state index in [0.29, 0.717) is 11.1 Å². The molecule has 0 aliphatic carbocycles. The van der Waals surface area contributed by atoms with Gasteiger partial charge in [-0.2, -0.15) is 0 Å². The lowest BCUT2D eigenvalue weighted by atomic mass is 10.1. The van der Waals surface area contributed by atoms with E-state index >= 15 is 0 Å². The first-order valence-corrected chi connectivity index (χ1v) is 7.44. The van der Waals surface area contributed by atoms with E-state index in [0.717, 1.165) is 34.5 Å². The molecule has 0 atom stereocenters. The maximum absolute atomic E-state index is 6.08. The first-order chi connectivity index (χ1) is 10.1. The lowest BCUT2D eigenvalue weighted by Gasteiger charge is -2.13. The molecule has 0 saturated carbocycles. The van der Waals surface area contributed by atoms with Crippen LogP contribution in [0.4, 0.5) is 5.69 Å². The summed E-state index contributed by atoms with van der Waals surface area (Å²) in [6.07, 6.45) is 0.719. The zero-order valence-electron chi connectivity index (χ0n) is 12.2. The van der Waals surface area contributed by atoms with Crippen molar-refractivity contribution < 1.29 is 0 Å². The molecule has 21 heavy (non-hydrogen) atoms. The molecule has 0 radical (unpaired) electrons. The zero-order chi connectivity index (χ0) is 15.0. The van der Waals surface area contributed by atoms with Gasteiger partial charge in [-0.3, -0.25) is 0 Å². The fourth-order valence-corrected chi connectivity index (χ4v) is 2.85. The van der Waals surface area contributed by atoms with Crippen LogP contribution in [0.2, 0.25) is 5.02 Å². The quantitative estimate of drug-likeness (QED) is 0.726. The predicted molar refractivity (Wildman–Crippen MR) is 88.8 cm³/mol. The molecule has 2 aromatic carbocycles. The van der Waals surface area contributed by atoms with Crippen LogP contribution in [0.5, 0.6) is 0 Å². The molecule has 0 spiro atoms. The van der Waals surface area contributed by atoms with E-state index in [4.69, 9.17) is 22.3 Å². The van der Waals surface area contributed by atoms with Crippen molar-refractivity contribution in [3.63, 3.8) is 0 Å². The van der Waals surface area contributed by atoms with Crippen molar-refractivity contribution in [2.75, 3.05) is 5.73 Å². The van der Waals surface area contributed by atoms with Gasteiger partial charge in [-0.1, -0.05) is 29.8 Å². The highest BCUT2D eigenvalue weighted by molar-refractivity contribution is 6.31. The molecule has 0 unspecified atom stereocenters. The molecule has 3 nitrogen and oxygen atoms in total. The summed E-state index contributed by atoms with van der Waals surface area (Å²) in [6.45, 7) is 4.32. The molecular weight excluding hydrogens is 282 g/mol. The fourth-order valence-electron chi connectivity index (χ4n) is 2.69. The fraction of sp³-hybridized carbons (Fsp3) is 0.235. The van der Waals surface area contributed by atoms with E-state index in [1.807, 2.05) is 42.5 Å². The zero-order valence-corrected chi connectivity index (χ0v) is 12.9. The Hall–Kier alpha value is -2.00. The van der Waals surface area contributed by atoms with Crippen LogP contribution in [0, 0.1) is 0 Å². The average Bonchev–Trinajstić information content (AvgIpc) is 2.78. The molecule has 4 heteroatoms. The number of nitrogen functional groups attached to an aromatic ring is 1. The van der Waals surface area contributed by atoms with Gasteiger partial charge in [0.15, 0.2) is 0 Å².